The van der Waals surface area contributed by atoms with E-state index < -0.39 is 5.41 Å². The second kappa shape index (κ2) is 9.76. The Bertz CT molecular complexity index is 3210. The predicted molar refractivity (Wildman–Crippen MR) is 223 cm³/mol. The van der Waals surface area contributed by atoms with Gasteiger partial charge in [-0.25, -0.2) is 0 Å². The number of hydrogen-bond acceptors (Lipinski definition) is 0. The summed E-state index contributed by atoms with van der Waals surface area (Å²) in [5.74, 6) is 0. The summed E-state index contributed by atoms with van der Waals surface area (Å²) in [4.78, 5) is 0. The van der Waals surface area contributed by atoms with Crippen LogP contribution in [0.1, 0.15) is 22.3 Å². The fraction of sp³-hybridized carbons (Fsp3) is 0.0189. The van der Waals surface area contributed by atoms with Gasteiger partial charge in [-0.3, -0.25) is 0 Å². The fourth-order valence-corrected chi connectivity index (χ4v) is 11.0. The van der Waals surface area contributed by atoms with Crippen molar-refractivity contribution in [1.82, 2.24) is 0 Å². The van der Waals surface area contributed by atoms with Crippen molar-refractivity contribution in [2.45, 2.75) is 5.41 Å². The minimum absolute atomic E-state index is 0.483. The van der Waals surface area contributed by atoms with Crippen LogP contribution < -0.4 is 0 Å². The first-order valence-electron chi connectivity index (χ1n) is 18.7. The summed E-state index contributed by atoms with van der Waals surface area (Å²) in [7, 11) is 0. The number of benzene rings is 10. The molecule has 10 aromatic carbocycles. The lowest BCUT2D eigenvalue weighted by Gasteiger charge is -2.33. The molecule has 1 spiro atoms. The van der Waals surface area contributed by atoms with Gasteiger partial charge in [0, 0.05) is 0 Å². The summed E-state index contributed by atoms with van der Waals surface area (Å²) < 4.78 is 0. The summed E-state index contributed by atoms with van der Waals surface area (Å²) in [5, 5.41) is 10.6. The first-order valence-corrected chi connectivity index (χ1v) is 18.7. The molecule has 0 nitrogen and oxygen atoms in total. The molecule has 0 unspecified atom stereocenters. The van der Waals surface area contributed by atoms with Gasteiger partial charge in [0.05, 0.1) is 5.41 Å². The highest BCUT2D eigenvalue weighted by Crippen LogP contribution is 2.67. The largest absolute Gasteiger partial charge is 0.0737 e. The molecule has 3 aliphatic carbocycles. The maximum absolute atomic E-state index is 2.57. The van der Waals surface area contributed by atoms with Gasteiger partial charge in [0.1, 0.15) is 0 Å². The lowest BCUT2D eigenvalue weighted by atomic mass is 9.68. The van der Waals surface area contributed by atoms with Gasteiger partial charge in [0.2, 0.25) is 0 Å². The van der Waals surface area contributed by atoms with Crippen LogP contribution in [0.3, 0.4) is 0 Å². The Hall–Kier alpha value is -6.76. The summed E-state index contributed by atoms with van der Waals surface area (Å²) in [6.07, 6.45) is 0. The van der Waals surface area contributed by atoms with Crippen molar-refractivity contribution in [1.29, 1.82) is 0 Å². The Morgan fingerprint density at radius 3 is 1.38 bits per heavy atom. The minimum Gasteiger partial charge on any atom is -0.0619 e. The topological polar surface area (TPSA) is 0 Å². The molecule has 0 heteroatoms. The van der Waals surface area contributed by atoms with Crippen molar-refractivity contribution >= 4 is 43.1 Å². The van der Waals surface area contributed by atoms with E-state index >= 15 is 0 Å². The molecule has 242 valence electrons. The van der Waals surface area contributed by atoms with Crippen molar-refractivity contribution < 1.29 is 0 Å². The van der Waals surface area contributed by atoms with Crippen molar-refractivity contribution in [2.75, 3.05) is 0 Å². The third kappa shape index (κ3) is 3.21. The smallest absolute Gasteiger partial charge is 0.0619 e. The Kier molecular flexibility index (Phi) is 5.14. The second-order valence-electron chi connectivity index (χ2n) is 15.0. The molecule has 0 radical (unpaired) electrons. The minimum atomic E-state index is -0.483. The van der Waals surface area contributed by atoms with E-state index in [0.717, 1.165) is 0 Å². The van der Waals surface area contributed by atoms with Gasteiger partial charge in [0.15, 0.2) is 0 Å². The van der Waals surface area contributed by atoms with Gasteiger partial charge in [-0.15, -0.1) is 0 Å². The monoisotopic (exact) mass is 666 g/mol. The zero-order valence-corrected chi connectivity index (χ0v) is 28.8. The van der Waals surface area contributed by atoms with Gasteiger partial charge in [-0.1, -0.05) is 176 Å². The third-order valence-corrected chi connectivity index (χ3v) is 12.8. The highest BCUT2D eigenvalue weighted by Gasteiger charge is 2.54. The van der Waals surface area contributed by atoms with Gasteiger partial charge in [0.25, 0.3) is 0 Å². The molecule has 0 fully saturated rings. The first kappa shape index (κ1) is 27.9. The standard InChI is InChI=1S/C53H30/c1-2-15-32-31(14-1)39-24-13-25-40-36(28-29-42(32)49(39)40)45-30-46-50-41-21-6-3-16-33(41)34-17-4-8-23-44(34)52(50)53(51(46)43-22-7-5-18-35(43)45)47-26-11-9-19-37(47)38-20-10-12-27-48(38)53/h1-30H. The van der Waals surface area contributed by atoms with Crippen molar-refractivity contribution in [3.8, 4) is 55.6 Å². The van der Waals surface area contributed by atoms with Crippen LogP contribution in [0.2, 0.25) is 0 Å². The molecule has 10 aromatic rings. The van der Waals surface area contributed by atoms with E-state index in [4.69, 9.17) is 0 Å². The summed E-state index contributed by atoms with van der Waals surface area (Å²) >= 11 is 0. The molecule has 0 heterocycles. The fourth-order valence-electron chi connectivity index (χ4n) is 11.0. The summed E-state index contributed by atoms with van der Waals surface area (Å²) in [6, 6.07) is 69.0. The van der Waals surface area contributed by atoms with E-state index in [1.54, 1.807) is 0 Å². The lowest BCUT2D eigenvalue weighted by molar-refractivity contribution is 0.809. The molecule has 0 saturated carbocycles. The molecule has 0 N–H and O–H groups in total. The molecular formula is C53H30. The van der Waals surface area contributed by atoms with E-state index in [1.807, 2.05) is 0 Å². The van der Waals surface area contributed by atoms with Crippen molar-refractivity contribution in [2.24, 2.45) is 0 Å². The Labute approximate surface area is 307 Å². The number of rotatable bonds is 1. The van der Waals surface area contributed by atoms with Crippen molar-refractivity contribution in [3.05, 3.63) is 204 Å². The zero-order chi connectivity index (χ0) is 34.4. The maximum atomic E-state index is 2.57. The molecule has 0 aromatic heterocycles. The van der Waals surface area contributed by atoms with E-state index in [9.17, 15) is 0 Å². The Morgan fingerprint density at radius 1 is 0.245 bits per heavy atom. The number of fused-ring (bicyclic) bond motifs is 20. The second-order valence-corrected chi connectivity index (χ2v) is 15.0. The quantitative estimate of drug-likeness (QED) is 0.153. The van der Waals surface area contributed by atoms with Crippen LogP contribution in [0.15, 0.2) is 182 Å². The third-order valence-electron chi connectivity index (χ3n) is 12.8. The molecule has 3 aliphatic rings. The van der Waals surface area contributed by atoms with E-state index in [0.29, 0.717) is 0 Å². The average Bonchev–Trinajstić information content (AvgIpc) is 3.84. The first-order chi connectivity index (χ1) is 26.3. The molecule has 0 bridgehead atoms. The average molecular weight is 667 g/mol. The Balaban J connectivity index is 1.26. The molecule has 0 amide bonds. The van der Waals surface area contributed by atoms with Crippen LogP contribution in [0, 0.1) is 0 Å². The van der Waals surface area contributed by atoms with Gasteiger partial charge < -0.3 is 0 Å². The van der Waals surface area contributed by atoms with Crippen molar-refractivity contribution in [3.63, 3.8) is 0 Å². The van der Waals surface area contributed by atoms with Crippen LogP contribution in [-0.4, -0.2) is 0 Å². The molecule has 53 heavy (non-hydrogen) atoms. The van der Waals surface area contributed by atoms with Crippen LogP contribution in [0.25, 0.3) is 98.7 Å². The van der Waals surface area contributed by atoms with Crippen LogP contribution in [0.5, 0.6) is 0 Å². The van der Waals surface area contributed by atoms with Gasteiger partial charge >= 0.3 is 0 Å². The number of hydrogen-bond donors (Lipinski definition) is 0. The molecule has 13 rings (SSSR count). The van der Waals surface area contributed by atoms with Gasteiger partial charge in [-0.05, 0) is 127 Å². The normalized spacial score (nSPS) is 13.8. The molecule has 0 saturated heterocycles. The van der Waals surface area contributed by atoms with Crippen LogP contribution in [0.4, 0.5) is 0 Å². The Morgan fingerprint density at radius 2 is 0.698 bits per heavy atom. The van der Waals surface area contributed by atoms with Crippen LogP contribution >= 0.6 is 0 Å². The molecule has 0 aliphatic heterocycles. The summed E-state index contributed by atoms with van der Waals surface area (Å²) in [5.41, 5.74) is 18.4. The highest BCUT2D eigenvalue weighted by atomic mass is 14.5. The van der Waals surface area contributed by atoms with Gasteiger partial charge in [-0.2, -0.15) is 0 Å². The molecular weight excluding hydrogens is 637 g/mol. The predicted octanol–water partition coefficient (Wildman–Crippen LogP) is 14.0. The maximum Gasteiger partial charge on any atom is 0.0737 e. The lowest BCUT2D eigenvalue weighted by Crippen LogP contribution is -2.26. The van der Waals surface area contributed by atoms with E-state index in [2.05, 4.69) is 182 Å². The van der Waals surface area contributed by atoms with E-state index in [1.165, 1.54) is 121 Å². The highest BCUT2D eigenvalue weighted by molar-refractivity contribution is 6.24. The zero-order valence-electron chi connectivity index (χ0n) is 28.8. The van der Waals surface area contributed by atoms with E-state index in [-0.39, 0.29) is 0 Å². The summed E-state index contributed by atoms with van der Waals surface area (Å²) in [6.45, 7) is 0. The SMILES string of the molecule is c1ccc2c(c1)-c1cccc3c(-c4cc5c(c6ccccc46)C4(c6ccccc6-c6ccccc64)c4c-5c5ccccc5c5ccccc45)ccc-2c13. The van der Waals surface area contributed by atoms with Crippen LogP contribution in [-0.2, 0) is 5.41 Å². The molecule has 0 atom stereocenters.